The predicted molar refractivity (Wildman–Crippen MR) is 44.7 cm³/mol. The summed E-state index contributed by atoms with van der Waals surface area (Å²) in [7, 11) is 0. The Morgan fingerprint density at radius 2 is 2.38 bits per heavy atom. The van der Waals surface area contributed by atoms with Gasteiger partial charge in [-0.2, -0.15) is 0 Å². The number of ether oxygens (including phenoxy) is 1. The first-order valence-corrected chi connectivity index (χ1v) is 4.16. The van der Waals surface area contributed by atoms with Crippen molar-refractivity contribution in [2.75, 3.05) is 0 Å². The second kappa shape index (κ2) is 3.17. The molecule has 1 fully saturated rings. The molecule has 0 aliphatic heterocycles. The van der Waals surface area contributed by atoms with E-state index in [0.29, 0.717) is 6.47 Å². The summed E-state index contributed by atoms with van der Waals surface area (Å²) >= 11 is 0. The van der Waals surface area contributed by atoms with Gasteiger partial charge in [-0.25, -0.2) is 4.39 Å². The highest BCUT2D eigenvalue weighted by Gasteiger charge is 2.40. The number of hydrogen-bond donors (Lipinski definition) is 0. The summed E-state index contributed by atoms with van der Waals surface area (Å²) in [5.74, 6) is -0.0462. The van der Waals surface area contributed by atoms with Crippen LogP contribution in [0.4, 0.5) is 4.39 Å². The molecule has 0 aromatic heterocycles. The second-order valence-electron chi connectivity index (χ2n) is 3.17. The molecule has 0 radical (unpaired) electrons. The molecule has 2 unspecified atom stereocenters. The van der Waals surface area contributed by atoms with E-state index in [1.165, 1.54) is 12.1 Å². The van der Waals surface area contributed by atoms with E-state index in [2.05, 4.69) is 0 Å². The van der Waals surface area contributed by atoms with E-state index in [0.717, 1.165) is 12.0 Å². The lowest BCUT2D eigenvalue weighted by Crippen LogP contribution is -1.93. The molecule has 1 aliphatic rings. The van der Waals surface area contributed by atoms with Crippen molar-refractivity contribution in [3.05, 3.63) is 35.6 Å². The molecule has 1 saturated carbocycles. The Bertz CT molecular complexity index is 324. The van der Waals surface area contributed by atoms with Crippen LogP contribution in [0.1, 0.15) is 17.9 Å². The van der Waals surface area contributed by atoms with Crippen LogP contribution in [0.3, 0.4) is 0 Å². The molecule has 0 amide bonds. The van der Waals surface area contributed by atoms with Crippen LogP contribution >= 0.6 is 0 Å². The molecule has 2 atom stereocenters. The molecule has 0 saturated heterocycles. The number of carbonyl (C=O) groups is 1. The van der Waals surface area contributed by atoms with Crippen molar-refractivity contribution in [1.29, 1.82) is 0 Å². The van der Waals surface area contributed by atoms with Crippen LogP contribution in [0.25, 0.3) is 0 Å². The summed E-state index contributed by atoms with van der Waals surface area (Å²) in [5, 5.41) is 0. The van der Waals surface area contributed by atoms with E-state index in [1.54, 1.807) is 6.07 Å². The summed E-state index contributed by atoms with van der Waals surface area (Å²) in [6, 6.07) is 6.41. The van der Waals surface area contributed by atoms with Gasteiger partial charge in [-0.3, -0.25) is 4.79 Å². The van der Waals surface area contributed by atoms with Crippen molar-refractivity contribution in [2.45, 2.75) is 18.4 Å². The summed E-state index contributed by atoms with van der Waals surface area (Å²) in [5.41, 5.74) is 0.909. The van der Waals surface area contributed by atoms with Gasteiger partial charge in [0.05, 0.1) is 0 Å². The molecule has 13 heavy (non-hydrogen) atoms. The third kappa shape index (κ3) is 1.69. The summed E-state index contributed by atoms with van der Waals surface area (Å²) in [6.45, 7) is 0.448. The fourth-order valence-electron chi connectivity index (χ4n) is 1.48. The summed E-state index contributed by atoms with van der Waals surface area (Å²) < 4.78 is 17.5. The maximum Gasteiger partial charge on any atom is 0.293 e. The first kappa shape index (κ1) is 8.23. The topological polar surface area (TPSA) is 26.3 Å². The Labute approximate surface area is 75.3 Å². The van der Waals surface area contributed by atoms with Crippen molar-refractivity contribution in [1.82, 2.24) is 0 Å². The van der Waals surface area contributed by atoms with Crippen molar-refractivity contribution in [2.24, 2.45) is 0 Å². The zero-order valence-electron chi connectivity index (χ0n) is 6.94. The SMILES string of the molecule is O=COC1CC1c1cccc(F)c1. The van der Waals surface area contributed by atoms with Crippen molar-refractivity contribution >= 4 is 6.47 Å². The Morgan fingerprint density at radius 1 is 1.54 bits per heavy atom. The van der Waals surface area contributed by atoms with Gasteiger partial charge in [0.15, 0.2) is 0 Å². The molecule has 1 aromatic rings. The minimum atomic E-state index is -0.241. The van der Waals surface area contributed by atoms with E-state index >= 15 is 0 Å². The molecule has 2 nitrogen and oxygen atoms in total. The average molecular weight is 180 g/mol. The Balaban J connectivity index is 2.07. The Morgan fingerprint density at radius 3 is 3.08 bits per heavy atom. The largest absolute Gasteiger partial charge is 0.464 e. The Kier molecular flexibility index (Phi) is 2.00. The second-order valence-corrected chi connectivity index (χ2v) is 3.17. The maximum absolute atomic E-state index is 12.8. The van der Waals surface area contributed by atoms with Crippen LogP contribution in [-0.2, 0) is 9.53 Å². The predicted octanol–water partition coefficient (Wildman–Crippen LogP) is 1.85. The molecule has 0 heterocycles. The summed E-state index contributed by atoms with van der Waals surface area (Å²) in [4.78, 5) is 10.0. The zero-order chi connectivity index (χ0) is 9.26. The van der Waals surface area contributed by atoms with Gasteiger partial charge in [-0.1, -0.05) is 12.1 Å². The van der Waals surface area contributed by atoms with Crippen LogP contribution in [0.15, 0.2) is 24.3 Å². The summed E-state index contributed by atoms with van der Waals surface area (Å²) in [6.07, 6.45) is 0.765. The fraction of sp³-hybridized carbons (Fsp3) is 0.300. The van der Waals surface area contributed by atoms with E-state index < -0.39 is 0 Å². The highest BCUT2D eigenvalue weighted by Crippen LogP contribution is 2.42. The van der Waals surface area contributed by atoms with Gasteiger partial charge in [0, 0.05) is 5.92 Å². The minimum Gasteiger partial charge on any atom is -0.464 e. The highest BCUT2D eigenvalue weighted by molar-refractivity contribution is 5.40. The van der Waals surface area contributed by atoms with Crippen LogP contribution in [0, 0.1) is 5.82 Å². The molecule has 1 aliphatic carbocycles. The molecule has 0 bridgehead atoms. The van der Waals surface area contributed by atoms with Crippen molar-refractivity contribution < 1.29 is 13.9 Å². The minimum absolute atomic E-state index is 0.0423. The lowest BCUT2D eigenvalue weighted by molar-refractivity contribution is -0.129. The van der Waals surface area contributed by atoms with E-state index in [4.69, 9.17) is 4.74 Å². The number of rotatable bonds is 3. The van der Waals surface area contributed by atoms with Crippen LogP contribution in [-0.4, -0.2) is 12.6 Å². The molecule has 0 N–H and O–H groups in total. The number of carbonyl (C=O) groups excluding carboxylic acids is 1. The Hall–Kier alpha value is -1.38. The molecule has 1 aromatic carbocycles. The quantitative estimate of drug-likeness (QED) is 0.663. The van der Waals surface area contributed by atoms with E-state index in [1.807, 2.05) is 6.07 Å². The van der Waals surface area contributed by atoms with Crippen LogP contribution < -0.4 is 0 Å². The lowest BCUT2D eigenvalue weighted by Gasteiger charge is -1.98. The maximum atomic E-state index is 12.8. The third-order valence-corrected chi connectivity index (χ3v) is 2.24. The standard InChI is InChI=1S/C10H9FO2/c11-8-3-1-2-7(4-8)9-5-10(9)13-6-12/h1-4,6,9-10H,5H2. The molecule has 2 rings (SSSR count). The van der Waals surface area contributed by atoms with Gasteiger partial charge in [-0.15, -0.1) is 0 Å². The monoisotopic (exact) mass is 180 g/mol. The normalized spacial score (nSPS) is 25.3. The first-order valence-electron chi connectivity index (χ1n) is 4.16. The van der Waals surface area contributed by atoms with Crippen LogP contribution in [0.5, 0.6) is 0 Å². The highest BCUT2D eigenvalue weighted by atomic mass is 19.1. The van der Waals surface area contributed by atoms with Crippen molar-refractivity contribution in [3.63, 3.8) is 0 Å². The van der Waals surface area contributed by atoms with Gasteiger partial charge in [0.2, 0.25) is 0 Å². The molecule has 68 valence electrons. The van der Waals surface area contributed by atoms with Crippen LogP contribution in [0.2, 0.25) is 0 Å². The first-order chi connectivity index (χ1) is 6.31. The number of benzene rings is 1. The third-order valence-electron chi connectivity index (χ3n) is 2.24. The molecule has 0 spiro atoms. The van der Waals surface area contributed by atoms with Gasteiger partial charge in [0.1, 0.15) is 11.9 Å². The van der Waals surface area contributed by atoms with Gasteiger partial charge < -0.3 is 4.74 Å². The lowest BCUT2D eigenvalue weighted by atomic mass is 10.1. The smallest absolute Gasteiger partial charge is 0.293 e. The van der Waals surface area contributed by atoms with Gasteiger partial charge in [-0.05, 0) is 24.1 Å². The molecular formula is C10H9FO2. The van der Waals surface area contributed by atoms with Crippen molar-refractivity contribution in [3.8, 4) is 0 Å². The molecular weight excluding hydrogens is 171 g/mol. The van der Waals surface area contributed by atoms with E-state index in [9.17, 15) is 9.18 Å². The van der Waals surface area contributed by atoms with Gasteiger partial charge >= 0.3 is 0 Å². The average Bonchev–Trinajstić information content (AvgIpc) is 2.85. The van der Waals surface area contributed by atoms with E-state index in [-0.39, 0.29) is 17.8 Å². The number of hydrogen-bond acceptors (Lipinski definition) is 2. The number of halogens is 1. The molecule has 3 heteroatoms. The van der Waals surface area contributed by atoms with Gasteiger partial charge in [0.25, 0.3) is 6.47 Å². The fourth-order valence-corrected chi connectivity index (χ4v) is 1.48. The zero-order valence-corrected chi connectivity index (χ0v) is 6.94.